The van der Waals surface area contributed by atoms with Crippen LogP contribution in [0.4, 0.5) is 5.69 Å². The molecule has 1 amide bonds. The third-order valence-corrected chi connectivity index (χ3v) is 5.63. The number of allylic oxidation sites excluding steroid dienone is 4. The first-order chi connectivity index (χ1) is 15.1. The van der Waals surface area contributed by atoms with Gasteiger partial charge in [0, 0.05) is 56.2 Å². The van der Waals surface area contributed by atoms with Crippen LogP contribution in [0.25, 0.3) is 0 Å². The van der Waals surface area contributed by atoms with Crippen LogP contribution in [-0.2, 0) is 0 Å². The normalized spacial score (nSPS) is 17.9. The average Bonchev–Trinajstić information content (AvgIpc) is 3.11. The summed E-state index contributed by atoms with van der Waals surface area (Å²) >= 11 is 0. The topological polar surface area (TPSA) is 108 Å². The van der Waals surface area contributed by atoms with E-state index in [0.717, 1.165) is 44.5 Å². The molecular weight excluding hydrogens is 390 g/mol. The molecule has 0 spiro atoms. The van der Waals surface area contributed by atoms with E-state index in [4.69, 9.17) is 5.41 Å². The van der Waals surface area contributed by atoms with Crippen molar-refractivity contribution in [3.05, 3.63) is 71.2 Å². The maximum absolute atomic E-state index is 13.0. The molecule has 0 atom stereocenters. The molecule has 3 N–H and O–H groups in total. The fourth-order valence-electron chi connectivity index (χ4n) is 3.92. The first kappa shape index (κ1) is 20.4. The number of amides is 1. The lowest BCUT2D eigenvalue weighted by Crippen LogP contribution is -2.33. The molecule has 0 unspecified atom stereocenters. The second-order valence-corrected chi connectivity index (χ2v) is 7.61. The Morgan fingerprint density at radius 2 is 2.00 bits per heavy atom. The van der Waals surface area contributed by atoms with Crippen molar-refractivity contribution in [3.8, 4) is 6.07 Å². The molecule has 8 nitrogen and oxygen atoms in total. The SMILES string of the molecule is CNc1cc(C(=O)N2CCCCCC2)ncc1C(=N)C1=CNC=C2C=CC(C#N)=CN21. The predicted molar refractivity (Wildman–Crippen MR) is 119 cm³/mol. The number of carbonyl (C=O) groups excluding carboxylic acids is 1. The lowest BCUT2D eigenvalue weighted by Gasteiger charge is -2.30. The molecule has 0 radical (unpaired) electrons. The number of carbonyl (C=O) groups is 1. The van der Waals surface area contributed by atoms with Crippen LogP contribution < -0.4 is 10.6 Å². The third-order valence-electron chi connectivity index (χ3n) is 5.63. The standard InChI is InChI=1S/C23H25N7O/c1-26-19-10-20(23(31)29-8-4-2-3-5-9-29)28-13-18(19)22(25)21-14-27-12-17-7-6-16(11-24)15-30(17)21/h6-7,10,12-15,25,27H,2-5,8-9H2,1H3,(H,26,28). The Morgan fingerprint density at radius 3 is 2.71 bits per heavy atom. The van der Waals surface area contributed by atoms with Gasteiger partial charge in [0.1, 0.15) is 11.8 Å². The zero-order valence-electron chi connectivity index (χ0n) is 17.5. The van der Waals surface area contributed by atoms with E-state index in [-0.39, 0.29) is 11.6 Å². The third kappa shape index (κ3) is 4.08. The summed E-state index contributed by atoms with van der Waals surface area (Å²) in [7, 11) is 1.77. The molecule has 3 aliphatic rings. The summed E-state index contributed by atoms with van der Waals surface area (Å²) < 4.78 is 0. The van der Waals surface area contributed by atoms with Gasteiger partial charge in [0.2, 0.25) is 0 Å². The summed E-state index contributed by atoms with van der Waals surface area (Å²) in [6.45, 7) is 1.52. The monoisotopic (exact) mass is 415 g/mol. The first-order valence-corrected chi connectivity index (χ1v) is 10.4. The van der Waals surface area contributed by atoms with Gasteiger partial charge in [-0.2, -0.15) is 5.26 Å². The Bertz CT molecular complexity index is 1070. The zero-order valence-corrected chi connectivity index (χ0v) is 17.5. The molecule has 4 rings (SSSR count). The molecule has 0 aliphatic carbocycles. The molecule has 1 aromatic heterocycles. The van der Waals surface area contributed by atoms with E-state index in [9.17, 15) is 10.1 Å². The van der Waals surface area contributed by atoms with Crippen molar-refractivity contribution < 1.29 is 4.79 Å². The van der Waals surface area contributed by atoms with E-state index >= 15 is 0 Å². The Hall–Kier alpha value is -3.86. The Labute approximate surface area is 181 Å². The molecule has 0 bridgehead atoms. The minimum Gasteiger partial charge on any atom is -0.387 e. The molecular formula is C23H25N7O. The molecule has 1 aromatic rings. The lowest BCUT2D eigenvalue weighted by molar-refractivity contribution is 0.0756. The van der Waals surface area contributed by atoms with Crippen molar-refractivity contribution in [1.82, 2.24) is 20.1 Å². The van der Waals surface area contributed by atoms with Crippen LogP contribution in [0.5, 0.6) is 0 Å². The van der Waals surface area contributed by atoms with Crippen molar-refractivity contribution in [2.24, 2.45) is 0 Å². The highest BCUT2D eigenvalue weighted by Crippen LogP contribution is 2.28. The second kappa shape index (κ2) is 8.88. The fourth-order valence-corrected chi connectivity index (χ4v) is 3.92. The van der Waals surface area contributed by atoms with Gasteiger partial charge >= 0.3 is 0 Å². The molecule has 4 heterocycles. The van der Waals surface area contributed by atoms with E-state index in [1.54, 1.807) is 48.9 Å². The Kier molecular flexibility index (Phi) is 5.85. The van der Waals surface area contributed by atoms with Gasteiger partial charge in [0.25, 0.3) is 5.91 Å². The average molecular weight is 416 g/mol. The van der Waals surface area contributed by atoms with E-state index in [2.05, 4.69) is 21.7 Å². The smallest absolute Gasteiger partial charge is 0.272 e. The molecule has 0 saturated carbocycles. The highest BCUT2D eigenvalue weighted by Gasteiger charge is 2.25. The van der Waals surface area contributed by atoms with Crippen LogP contribution >= 0.6 is 0 Å². The number of nitrogens with one attached hydrogen (secondary N) is 3. The summed E-state index contributed by atoms with van der Waals surface area (Å²) in [5, 5.41) is 24.2. The van der Waals surface area contributed by atoms with Gasteiger partial charge in [-0.1, -0.05) is 12.8 Å². The second-order valence-electron chi connectivity index (χ2n) is 7.61. The van der Waals surface area contributed by atoms with Crippen LogP contribution in [0.3, 0.4) is 0 Å². The predicted octanol–water partition coefficient (Wildman–Crippen LogP) is 3.07. The number of fused-ring (bicyclic) bond motifs is 1. The molecule has 1 saturated heterocycles. The van der Waals surface area contributed by atoms with E-state index < -0.39 is 0 Å². The van der Waals surface area contributed by atoms with Gasteiger partial charge in [-0.3, -0.25) is 15.2 Å². The van der Waals surface area contributed by atoms with Gasteiger partial charge in [-0.05, 0) is 31.1 Å². The molecule has 3 aliphatic heterocycles. The van der Waals surface area contributed by atoms with Crippen LogP contribution in [-0.4, -0.2) is 46.5 Å². The highest BCUT2D eigenvalue weighted by atomic mass is 16.2. The van der Waals surface area contributed by atoms with E-state index in [1.165, 1.54) is 0 Å². The lowest BCUT2D eigenvalue weighted by atomic mass is 10.0. The maximum atomic E-state index is 13.0. The highest BCUT2D eigenvalue weighted by molar-refractivity contribution is 6.14. The molecule has 0 aromatic carbocycles. The van der Waals surface area contributed by atoms with Crippen molar-refractivity contribution in [2.75, 3.05) is 25.5 Å². The van der Waals surface area contributed by atoms with E-state index in [1.807, 2.05) is 11.0 Å². The van der Waals surface area contributed by atoms with Crippen molar-refractivity contribution >= 4 is 17.3 Å². The quantitative estimate of drug-likeness (QED) is 0.652. The van der Waals surface area contributed by atoms with Crippen molar-refractivity contribution in [3.63, 3.8) is 0 Å². The van der Waals surface area contributed by atoms with Gasteiger partial charge in [0.15, 0.2) is 0 Å². The van der Waals surface area contributed by atoms with Crippen LogP contribution in [0.15, 0.2) is 60.0 Å². The summed E-state index contributed by atoms with van der Waals surface area (Å²) in [4.78, 5) is 21.0. The minimum absolute atomic E-state index is 0.0667. The Morgan fingerprint density at radius 1 is 1.23 bits per heavy atom. The van der Waals surface area contributed by atoms with Gasteiger partial charge in [0.05, 0.1) is 22.7 Å². The summed E-state index contributed by atoms with van der Waals surface area (Å²) in [6, 6.07) is 3.85. The minimum atomic E-state index is -0.0667. The fraction of sp³-hybridized carbons (Fsp3) is 0.304. The number of hydrogen-bond donors (Lipinski definition) is 3. The van der Waals surface area contributed by atoms with Gasteiger partial charge in [-0.15, -0.1) is 0 Å². The van der Waals surface area contributed by atoms with Crippen molar-refractivity contribution in [2.45, 2.75) is 25.7 Å². The Balaban J connectivity index is 1.61. The number of nitriles is 1. The van der Waals surface area contributed by atoms with Crippen molar-refractivity contribution in [1.29, 1.82) is 10.7 Å². The zero-order chi connectivity index (χ0) is 21.8. The number of rotatable bonds is 4. The molecule has 8 heteroatoms. The first-order valence-electron chi connectivity index (χ1n) is 10.4. The number of hydrogen-bond acceptors (Lipinski definition) is 7. The molecule has 1 fully saturated rings. The largest absolute Gasteiger partial charge is 0.387 e. The summed E-state index contributed by atoms with van der Waals surface area (Å²) in [5.74, 6) is -0.0667. The van der Waals surface area contributed by atoms with E-state index in [0.29, 0.717) is 28.2 Å². The van der Waals surface area contributed by atoms with Gasteiger partial charge < -0.3 is 20.4 Å². The number of nitrogens with zero attached hydrogens (tertiary/aromatic N) is 4. The van der Waals surface area contributed by atoms with Gasteiger partial charge in [-0.25, -0.2) is 0 Å². The maximum Gasteiger partial charge on any atom is 0.272 e. The molecule has 31 heavy (non-hydrogen) atoms. The number of aromatic nitrogens is 1. The molecule has 158 valence electrons. The van der Waals surface area contributed by atoms with Crippen LogP contribution in [0, 0.1) is 16.7 Å². The van der Waals surface area contributed by atoms with Crippen LogP contribution in [0.1, 0.15) is 41.7 Å². The number of anilines is 1. The summed E-state index contributed by atoms with van der Waals surface area (Å²) in [5.41, 5.74) is 3.76. The van der Waals surface area contributed by atoms with Crippen LogP contribution in [0.2, 0.25) is 0 Å². The number of likely N-dealkylation sites (tertiary alicyclic amines) is 1. The summed E-state index contributed by atoms with van der Waals surface area (Å²) in [6.07, 6.45) is 14.7. The number of pyridine rings is 1.